The molecule has 0 atom stereocenters. The van der Waals surface area contributed by atoms with Crippen LogP contribution in [0, 0.1) is 5.92 Å². The fourth-order valence-electron chi connectivity index (χ4n) is 2.18. The number of aromatic nitrogens is 1. The summed E-state index contributed by atoms with van der Waals surface area (Å²) in [7, 11) is 0. The Labute approximate surface area is 95.2 Å². The maximum absolute atomic E-state index is 3.52. The highest BCUT2D eigenvalue weighted by Crippen LogP contribution is 2.17. The van der Waals surface area contributed by atoms with Gasteiger partial charge in [0.05, 0.1) is 0 Å². The summed E-state index contributed by atoms with van der Waals surface area (Å²) in [6.45, 7) is 4.41. The second-order valence-corrected chi connectivity index (χ2v) is 4.51. The Morgan fingerprint density at radius 2 is 2.12 bits per heavy atom. The molecular weight excluding hydrogens is 198 g/mol. The average Bonchev–Trinajstić information content (AvgIpc) is 2.65. The molecule has 1 aliphatic heterocycles. The smallest absolute Gasteiger partial charge is 0.0457 e. The van der Waals surface area contributed by atoms with Crippen LogP contribution in [0.4, 0.5) is 0 Å². The third-order valence-corrected chi connectivity index (χ3v) is 3.29. The Morgan fingerprint density at radius 1 is 1.25 bits per heavy atom. The molecule has 1 saturated heterocycles. The van der Waals surface area contributed by atoms with Gasteiger partial charge >= 0.3 is 0 Å². The van der Waals surface area contributed by atoms with Crippen molar-refractivity contribution in [1.82, 2.24) is 15.6 Å². The van der Waals surface area contributed by atoms with E-state index in [1.54, 1.807) is 0 Å². The molecule has 0 spiro atoms. The highest BCUT2D eigenvalue weighted by atomic mass is 15.0. The molecule has 3 N–H and O–H groups in total. The number of para-hydroxylation sites is 1. The van der Waals surface area contributed by atoms with Gasteiger partial charge in [-0.25, -0.2) is 0 Å². The Morgan fingerprint density at radius 3 is 2.94 bits per heavy atom. The van der Waals surface area contributed by atoms with E-state index in [-0.39, 0.29) is 0 Å². The molecule has 3 nitrogen and oxygen atoms in total. The van der Waals surface area contributed by atoms with Crippen LogP contribution in [0.1, 0.15) is 5.56 Å². The van der Waals surface area contributed by atoms with Gasteiger partial charge in [-0.15, -0.1) is 0 Å². The number of benzene rings is 1. The van der Waals surface area contributed by atoms with E-state index >= 15 is 0 Å². The summed E-state index contributed by atoms with van der Waals surface area (Å²) in [5, 5.41) is 8.15. The lowest BCUT2D eigenvalue weighted by Crippen LogP contribution is -2.47. The van der Waals surface area contributed by atoms with Crippen LogP contribution >= 0.6 is 0 Å². The number of hydrogen-bond donors (Lipinski definition) is 3. The van der Waals surface area contributed by atoms with Crippen LogP contribution < -0.4 is 10.6 Å². The van der Waals surface area contributed by atoms with Crippen molar-refractivity contribution >= 4 is 10.9 Å². The molecule has 0 radical (unpaired) electrons. The molecule has 1 fully saturated rings. The lowest BCUT2D eigenvalue weighted by atomic mass is 10.0. The van der Waals surface area contributed by atoms with Crippen LogP contribution in [0.25, 0.3) is 10.9 Å². The van der Waals surface area contributed by atoms with Gasteiger partial charge in [-0.05, 0) is 17.5 Å². The predicted octanol–water partition coefficient (Wildman–Crippen LogP) is 1.48. The number of rotatable bonds is 4. The van der Waals surface area contributed by atoms with E-state index in [0.717, 1.165) is 19.0 Å². The molecule has 2 aromatic rings. The molecule has 1 aliphatic rings. The largest absolute Gasteiger partial charge is 0.361 e. The molecule has 84 valence electrons. The second kappa shape index (κ2) is 4.28. The first kappa shape index (κ1) is 9.87. The van der Waals surface area contributed by atoms with E-state index in [2.05, 4.69) is 46.1 Å². The van der Waals surface area contributed by atoms with Crippen molar-refractivity contribution in [3.05, 3.63) is 36.0 Å². The summed E-state index contributed by atoms with van der Waals surface area (Å²) in [5.41, 5.74) is 2.59. The highest BCUT2D eigenvalue weighted by Gasteiger charge is 2.15. The molecule has 0 amide bonds. The minimum absolute atomic E-state index is 0.824. The number of nitrogens with one attached hydrogen (secondary N) is 3. The number of aromatic amines is 1. The van der Waals surface area contributed by atoms with Crippen molar-refractivity contribution in [1.29, 1.82) is 0 Å². The number of hydrogen-bond acceptors (Lipinski definition) is 2. The Hall–Kier alpha value is -1.32. The molecule has 0 bridgehead atoms. The van der Waals surface area contributed by atoms with Gasteiger partial charge in [-0.3, -0.25) is 0 Å². The van der Waals surface area contributed by atoms with Gasteiger partial charge < -0.3 is 15.6 Å². The molecule has 1 aromatic heterocycles. The van der Waals surface area contributed by atoms with E-state index in [0.29, 0.717) is 0 Å². The molecule has 3 rings (SSSR count). The maximum atomic E-state index is 3.52. The molecule has 2 heterocycles. The molecule has 0 aliphatic carbocycles. The van der Waals surface area contributed by atoms with Gasteiger partial charge in [-0.1, -0.05) is 18.2 Å². The van der Waals surface area contributed by atoms with Gasteiger partial charge in [0.25, 0.3) is 0 Å². The zero-order chi connectivity index (χ0) is 10.8. The number of fused-ring (bicyclic) bond motifs is 1. The molecule has 0 saturated carbocycles. The first-order valence-electron chi connectivity index (χ1n) is 5.90. The third kappa shape index (κ3) is 1.84. The molecule has 16 heavy (non-hydrogen) atoms. The van der Waals surface area contributed by atoms with E-state index in [4.69, 9.17) is 0 Å². The van der Waals surface area contributed by atoms with Crippen LogP contribution in [0.2, 0.25) is 0 Å². The lowest BCUT2D eigenvalue weighted by Gasteiger charge is -2.27. The Bertz CT molecular complexity index is 471. The molecular formula is C13H17N3. The van der Waals surface area contributed by atoms with Crippen molar-refractivity contribution in [3.63, 3.8) is 0 Å². The fraction of sp³-hybridized carbons (Fsp3) is 0.385. The van der Waals surface area contributed by atoms with Gasteiger partial charge in [0.15, 0.2) is 0 Å². The molecule has 3 heteroatoms. The van der Waals surface area contributed by atoms with Gasteiger partial charge in [0, 0.05) is 43.3 Å². The second-order valence-electron chi connectivity index (χ2n) is 4.51. The SMILES string of the molecule is c1ccc2c(CNCC3CNC3)c[nH]c2c1. The third-order valence-electron chi connectivity index (χ3n) is 3.29. The van der Waals surface area contributed by atoms with Crippen molar-refractivity contribution in [2.24, 2.45) is 5.92 Å². The fourth-order valence-corrected chi connectivity index (χ4v) is 2.18. The lowest BCUT2D eigenvalue weighted by molar-refractivity contribution is 0.331. The van der Waals surface area contributed by atoms with Gasteiger partial charge in [-0.2, -0.15) is 0 Å². The summed E-state index contributed by atoms with van der Waals surface area (Å²) in [6.07, 6.45) is 2.11. The van der Waals surface area contributed by atoms with E-state index < -0.39 is 0 Å². The average molecular weight is 215 g/mol. The van der Waals surface area contributed by atoms with Crippen LogP contribution in [0.3, 0.4) is 0 Å². The van der Waals surface area contributed by atoms with Gasteiger partial charge in [0.1, 0.15) is 0 Å². The Balaban J connectivity index is 1.64. The molecule has 1 aromatic carbocycles. The summed E-state index contributed by atoms with van der Waals surface area (Å²) in [5.74, 6) is 0.824. The maximum Gasteiger partial charge on any atom is 0.0457 e. The van der Waals surface area contributed by atoms with Crippen LogP contribution in [0.5, 0.6) is 0 Å². The standard InChI is InChI=1S/C13H17N3/c1-2-4-13-12(3-1)11(9-16-13)8-15-7-10-5-14-6-10/h1-4,9-10,14-16H,5-8H2. The quantitative estimate of drug-likeness (QED) is 0.723. The van der Waals surface area contributed by atoms with Crippen molar-refractivity contribution in [3.8, 4) is 0 Å². The van der Waals surface area contributed by atoms with Crippen molar-refractivity contribution < 1.29 is 0 Å². The highest BCUT2D eigenvalue weighted by molar-refractivity contribution is 5.82. The predicted molar refractivity (Wildman–Crippen MR) is 66.4 cm³/mol. The topological polar surface area (TPSA) is 39.8 Å². The number of H-pyrrole nitrogens is 1. The van der Waals surface area contributed by atoms with E-state index in [1.165, 1.54) is 29.6 Å². The van der Waals surface area contributed by atoms with Crippen LogP contribution in [-0.4, -0.2) is 24.6 Å². The first-order valence-corrected chi connectivity index (χ1v) is 5.90. The normalized spacial score (nSPS) is 16.5. The Kier molecular flexibility index (Phi) is 2.64. The summed E-state index contributed by atoms with van der Waals surface area (Å²) >= 11 is 0. The monoisotopic (exact) mass is 215 g/mol. The molecule has 0 unspecified atom stereocenters. The van der Waals surface area contributed by atoms with E-state index in [9.17, 15) is 0 Å². The van der Waals surface area contributed by atoms with Crippen molar-refractivity contribution in [2.75, 3.05) is 19.6 Å². The summed E-state index contributed by atoms with van der Waals surface area (Å²) in [4.78, 5) is 3.30. The summed E-state index contributed by atoms with van der Waals surface area (Å²) in [6, 6.07) is 8.45. The minimum atomic E-state index is 0.824. The van der Waals surface area contributed by atoms with Crippen LogP contribution in [0.15, 0.2) is 30.5 Å². The van der Waals surface area contributed by atoms with Crippen molar-refractivity contribution in [2.45, 2.75) is 6.54 Å². The first-order chi connectivity index (χ1) is 7.93. The summed E-state index contributed by atoms with van der Waals surface area (Å²) < 4.78 is 0. The van der Waals surface area contributed by atoms with E-state index in [1.807, 2.05) is 0 Å². The minimum Gasteiger partial charge on any atom is -0.361 e. The van der Waals surface area contributed by atoms with Gasteiger partial charge in [0.2, 0.25) is 0 Å². The van der Waals surface area contributed by atoms with Crippen LogP contribution in [-0.2, 0) is 6.54 Å². The zero-order valence-electron chi connectivity index (χ0n) is 9.29. The zero-order valence-corrected chi connectivity index (χ0v) is 9.29.